The molecule has 5 heteroatoms. The molecule has 1 heterocycles. The minimum Gasteiger partial charge on any atom is -0.311 e. The zero-order valence-electron chi connectivity index (χ0n) is 11.5. The third-order valence-electron chi connectivity index (χ3n) is 2.88. The number of hydrogen-bond acceptors (Lipinski definition) is 3. The first kappa shape index (κ1) is 14.2. The fraction of sp³-hybridized carbons (Fsp3) is 0.429. The molecule has 1 aromatic heterocycles. The summed E-state index contributed by atoms with van der Waals surface area (Å²) < 4.78 is 2.94. The number of aryl methyl sites for hydroxylation is 1. The largest absolute Gasteiger partial charge is 0.311 e. The lowest BCUT2D eigenvalue weighted by atomic mass is 10.2. The molecule has 0 bridgehead atoms. The monoisotopic (exact) mass is 322 g/mol. The quantitative estimate of drug-likeness (QED) is 0.919. The van der Waals surface area contributed by atoms with Crippen molar-refractivity contribution in [1.29, 1.82) is 0 Å². The Morgan fingerprint density at radius 2 is 2.16 bits per heavy atom. The molecule has 0 spiro atoms. The van der Waals surface area contributed by atoms with E-state index < -0.39 is 0 Å². The number of aromatic nitrogens is 3. The van der Waals surface area contributed by atoms with Gasteiger partial charge in [-0.15, -0.1) is 5.10 Å². The maximum Gasteiger partial charge on any atom is 0.0811 e. The summed E-state index contributed by atoms with van der Waals surface area (Å²) in [5.74, 6) is 0.634. The topological polar surface area (TPSA) is 42.7 Å². The molecule has 0 saturated carbocycles. The molecule has 2 rings (SSSR count). The Morgan fingerprint density at radius 1 is 1.37 bits per heavy atom. The van der Waals surface area contributed by atoms with E-state index in [-0.39, 0.29) is 0 Å². The number of benzene rings is 1. The van der Waals surface area contributed by atoms with Gasteiger partial charge in [-0.25, -0.2) is 4.68 Å². The Hall–Kier alpha value is -1.20. The van der Waals surface area contributed by atoms with Crippen molar-refractivity contribution in [3.63, 3.8) is 0 Å². The normalized spacial score (nSPS) is 11.2. The van der Waals surface area contributed by atoms with Crippen molar-refractivity contribution in [1.82, 2.24) is 20.3 Å². The highest BCUT2D eigenvalue weighted by molar-refractivity contribution is 9.10. The lowest BCUT2D eigenvalue weighted by molar-refractivity contribution is 0.542. The van der Waals surface area contributed by atoms with Crippen LogP contribution in [-0.4, -0.2) is 21.5 Å². The van der Waals surface area contributed by atoms with Crippen LogP contribution in [0.2, 0.25) is 0 Å². The fourth-order valence-electron chi connectivity index (χ4n) is 1.86. The molecule has 0 unspecified atom stereocenters. The van der Waals surface area contributed by atoms with Crippen LogP contribution in [-0.2, 0) is 6.54 Å². The molecule has 1 aromatic carbocycles. The lowest BCUT2D eigenvalue weighted by Gasteiger charge is -2.11. The summed E-state index contributed by atoms with van der Waals surface area (Å²) in [5, 5.41) is 11.6. The highest BCUT2D eigenvalue weighted by Gasteiger charge is 2.10. The van der Waals surface area contributed by atoms with Crippen molar-refractivity contribution in [2.75, 3.05) is 6.54 Å². The summed E-state index contributed by atoms with van der Waals surface area (Å²) in [4.78, 5) is 0. The fourth-order valence-corrected chi connectivity index (χ4v) is 2.30. The molecular weight excluding hydrogens is 304 g/mol. The minimum atomic E-state index is 0.634. The molecule has 0 aliphatic rings. The van der Waals surface area contributed by atoms with Crippen molar-refractivity contribution >= 4 is 15.9 Å². The summed E-state index contributed by atoms with van der Waals surface area (Å²) in [7, 11) is 0. The third kappa shape index (κ3) is 3.42. The van der Waals surface area contributed by atoms with E-state index >= 15 is 0 Å². The van der Waals surface area contributed by atoms with Crippen LogP contribution in [0.25, 0.3) is 5.69 Å². The highest BCUT2D eigenvalue weighted by Crippen LogP contribution is 2.24. The summed E-state index contributed by atoms with van der Waals surface area (Å²) >= 11 is 3.62. The molecule has 19 heavy (non-hydrogen) atoms. The van der Waals surface area contributed by atoms with Crippen LogP contribution in [0.4, 0.5) is 0 Å². The Morgan fingerprint density at radius 3 is 2.89 bits per heavy atom. The second-order valence-electron chi connectivity index (χ2n) is 5.07. The van der Waals surface area contributed by atoms with E-state index in [1.807, 2.05) is 23.0 Å². The van der Waals surface area contributed by atoms with Crippen LogP contribution in [0.3, 0.4) is 0 Å². The van der Waals surface area contributed by atoms with Gasteiger partial charge in [0.05, 0.1) is 17.6 Å². The molecule has 0 saturated heterocycles. The van der Waals surface area contributed by atoms with Crippen molar-refractivity contribution in [2.24, 2.45) is 5.92 Å². The lowest BCUT2D eigenvalue weighted by Crippen LogP contribution is -2.21. The molecule has 0 amide bonds. The maximum absolute atomic E-state index is 4.18. The van der Waals surface area contributed by atoms with Gasteiger partial charge >= 0.3 is 0 Å². The van der Waals surface area contributed by atoms with Crippen LogP contribution < -0.4 is 5.32 Å². The number of nitrogens with one attached hydrogen (secondary N) is 1. The van der Waals surface area contributed by atoms with Gasteiger partial charge in [0.15, 0.2) is 0 Å². The molecule has 0 aliphatic heterocycles. The summed E-state index contributed by atoms with van der Waals surface area (Å²) in [6.07, 6.45) is 1.81. The zero-order valence-corrected chi connectivity index (χ0v) is 13.1. The maximum atomic E-state index is 4.18. The molecule has 0 radical (unpaired) electrons. The first-order valence-corrected chi connectivity index (χ1v) is 7.24. The van der Waals surface area contributed by atoms with Crippen LogP contribution in [0.5, 0.6) is 0 Å². The Balaban J connectivity index is 2.21. The van der Waals surface area contributed by atoms with Crippen LogP contribution >= 0.6 is 15.9 Å². The molecular formula is C14H19BrN4. The average molecular weight is 323 g/mol. The molecule has 1 N–H and O–H groups in total. The van der Waals surface area contributed by atoms with Gasteiger partial charge in [0.2, 0.25) is 0 Å². The summed E-state index contributed by atoms with van der Waals surface area (Å²) in [5.41, 5.74) is 3.28. The van der Waals surface area contributed by atoms with Crippen LogP contribution in [0, 0.1) is 12.8 Å². The van der Waals surface area contributed by atoms with Gasteiger partial charge in [0, 0.05) is 11.0 Å². The Labute approximate surface area is 122 Å². The first-order valence-electron chi connectivity index (χ1n) is 6.45. The average Bonchev–Trinajstić information content (AvgIpc) is 2.80. The standard InChI is InChI=1S/C14H19BrN4/c1-10(2)7-16-8-12-9-17-18-19(12)13-6-4-5-11(3)14(13)15/h4-6,9-10,16H,7-8H2,1-3H3. The molecule has 2 aromatic rings. The van der Waals surface area contributed by atoms with E-state index in [1.165, 1.54) is 5.56 Å². The second kappa shape index (κ2) is 6.30. The van der Waals surface area contributed by atoms with E-state index in [1.54, 1.807) is 0 Å². The first-order chi connectivity index (χ1) is 9.09. The van der Waals surface area contributed by atoms with Crippen molar-refractivity contribution in [3.05, 3.63) is 40.1 Å². The molecule has 4 nitrogen and oxygen atoms in total. The number of hydrogen-bond donors (Lipinski definition) is 1. The zero-order chi connectivity index (χ0) is 13.8. The van der Waals surface area contributed by atoms with Crippen LogP contribution in [0.1, 0.15) is 25.1 Å². The number of nitrogens with zero attached hydrogens (tertiary/aromatic N) is 3. The van der Waals surface area contributed by atoms with Gasteiger partial charge in [-0.2, -0.15) is 0 Å². The van der Waals surface area contributed by atoms with Gasteiger partial charge in [-0.05, 0) is 46.9 Å². The predicted octanol–water partition coefficient (Wildman–Crippen LogP) is 3.08. The van der Waals surface area contributed by atoms with E-state index in [4.69, 9.17) is 0 Å². The molecule has 0 fully saturated rings. The van der Waals surface area contributed by atoms with E-state index in [0.717, 1.165) is 28.9 Å². The van der Waals surface area contributed by atoms with Crippen molar-refractivity contribution < 1.29 is 0 Å². The molecule has 0 aliphatic carbocycles. The smallest absolute Gasteiger partial charge is 0.0811 e. The van der Waals surface area contributed by atoms with Gasteiger partial charge in [0.1, 0.15) is 0 Å². The van der Waals surface area contributed by atoms with E-state index in [2.05, 4.69) is 58.4 Å². The summed E-state index contributed by atoms with van der Waals surface area (Å²) in [6, 6.07) is 6.14. The summed E-state index contributed by atoms with van der Waals surface area (Å²) in [6.45, 7) is 8.21. The van der Waals surface area contributed by atoms with Gasteiger partial charge in [-0.3, -0.25) is 0 Å². The number of rotatable bonds is 5. The molecule has 102 valence electrons. The highest BCUT2D eigenvalue weighted by atomic mass is 79.9. The molecule has 0 atom stereocenters. The SMILES string of the molecule is Cc1cccc(-n2nncc2CNCC(C)C)c1Br. The predicted molar refractivity (Wildman–Crippen MR) is 80.3 cm³/mol. The van der Waals surface area contributed by atoms with Crippen molar-refractivity contribution in [3.8, 4) is 5.69 Å². The van der Waals surface area contributed by atoms with Crippen molar-refractivity contribution in [2.45, 2.75) is 27.3 Å². The van der Waals surface area contributed by atoms with Crippen LogP contribution in [0.15, 0.2) is 28.9 Å². The third-order valence-corrected chi connectivity index (χ3v) is 3.91. The van der Waals surface area contributed by atoms with E-state index in [0.29, 0.717) is 5.92 Å². The van der Waals surface area contributed by atoms with Gasteiger partial charge in [0.25, 0.3) is 0 Å². The van der Waals surface area contributed by atoms with Gasteiger partial charge in [-0.1, -0.05) is 31.2 Å². The Kier molecular flexibility index (Phi) is 4.71. The second-order valence-corrected chi connectivity index (χ2v) is 5.86. The number of halogens is 1. The minimum absolute atomic E-state index is 0.634. The van der Waals surface area contributed by atoms with E-state index in [9.17, 15) is 0 Å². The Bertz CT molecular complexity index is 548. The van der Waals surface area contributed by atoms with Gasteiger partial charge < -0.3 is 5.32 Å².